The Kier molecular flexibility index (Phi) is 5.50. The summed E-state index contributed by atoms with van der Waals surface area (Å²) >= 11 is 0. The second-order valence-electron chi connectivity index (χ2n) is 7.39. The highest BCUT2D eigenvalue weighted by molar-refractivity contribution is 6.74. The molecule has 0 aliphatic rings. The van der Waals surface area contributed by atoms with E-state index in [0.717, 1.165) is 22.7 Å². The molecule has 0 saturated carbocycles. The van der Waals surface area contributed by atoms with Crippen LogP contribution in [-0.4, -0.2) is 21.6 Å². The lowest BCUT2D eigenvalue weighted by molar-refractivity contribution is 0.415. The van der Waals surface area contributed by atoms with Crippen molar-refractivity contribution in [2.24, 2.45) is 4.99 Å². The van der Waals surface area contributed by atoms with Gasteiger partial charge in [-0.3, -0.25) is 4.99 Å². The Bertz CT molecular complexity index is 683. The molecule has 24 heavy (non-hydrogen) atoms. The maximum absolute atomic E-state index is 6.28. The zero-order valence-electron chi connectivity index (χ0n) is 15.5. The molecule has 2 rings (SSSR count). The van der Waals surface area contributed by atoms with E-state index in [1.54, 1.807) is 7.11 Å². The first-order valence-corrected chi connectivity index (χ1v) is 11.1. The Labute approximate surface area is 146 Å². The first-order valence-electron chi connectivity index (χ1n) is 8.18. The van der Waals surface area contributed by atoms with Crippen LogP contribution in [0.1, 0.15) is 26.3 Å². The van der Waals surface area contributed by atoms with Gasteiger partial charge in [-0.25, -0.2) is 0 Å². The molecule has 3 nitrogen and oxygen atoms in total. The summed E-state index contributed by atoms with van der Waals surface area (Å²) in [4.78, 5) is 4.51. The molecule has 0 atom stereocenters. The minimum absolute atomic E-state index is 0.193. The van der Waals surface area contributed by atoms with Crippen molar-refractivity contribution in [2.75, 3.05) is 7.11 Å². The highest BCUT2D eigenvalue weighted by Crippen LogP contribution is 2.37. The zero-order chi connectivity index (χ0) is 17.8. The number of methoxy groups -OCH3 is 1. The topological polar surface area (TPSA) is 30.8 Å². The number of benzene rings is 2. The van der Waals surface area contributed by atoms with Crippen molar-refractivity contribution in [3.8, 4) is 11.5 Å². The Hall–Kier alpha value is -2.07. The highest BCUT2D eigenvalue weighted by Gasteiger charge is 2.38. The lowest BCUT2D eigenvalue weighted by Gasteiger charge is -2.36. The molecule has 0 heterocycles. The van der Waals surface area contributed by atoms with Crippen LogP contribution in [0.3, 0.4) is 0 Å². The van der Waals surface area contributed by atoms with E-state index in [0.29, 0.717) is 0 Å². The zero-order valence-corrected chi connectivity index (χ0v) is 16.5. The fraction of sp³-hybridized carbons (Fsp3) is 0.350. The largest absolute Gasteiger partial charge is 0.544 e. The van der Waals surface area contributed by atoms with Gasteiger partial charge >= 0.3 is 0 Å². The van der Waals surface area contributed by atoms with Crippen molar-refractivity contribution >= 4 is 20.2 Å². The summed E-state index contributed by atoms with van der Waals surface area (Å²) in [6, 6.07) is 15.8. The molecule has 0 fully saturated rings. The van der Waals surface area contributed by atoms with Crippen LogP contribution in [0.25, 0.3) is 0 Å². The summed E-state index contributed by atoms with van der Waals surface area (Å²) in [5.41, 5.74) is 1.95. The summed E-state index contributed by atoms with van der Waals surface area (Å²) < 4.78 is 11.4. The fourth-order valence-corrected chi connectivity index (χ4v) is 2.92. The predicted octanol–water partition coefficient (Wildman–Crippen LogP) is 5.83. The van der Waals surface area contributed by atoms with Crippen LogP contribution in [0.2, 0.25) is 18.1 Å². The molecule has 0 aromatic heterocycles. The Morgan fingerprint density at radius 2 is 1.42 bits per heavy atom. The molecular weight excluding hydrogens is 314 g/mol. The molecule has 0 aliphatic carbocycles. The Morgan fingerprint density at radius 3 is 1.92 bits per heavy atom. The summed E-state index contributed by atoms with van der Waals surface area (Å²) in [6.45, 7) is 11.2. The number of rotatable bonds is 5. The lowest BCUT2D eigenvalue weighted by Crippen LogP contribution is -2.43. The van der Waals surface area contributed by atoms with Gasteiger partial charge in [0.15, 0.2) is 0 Å². The molecule has 2 aromatic carbocycles. The average molecular weight is 342 g/mol. The molecule has 0 amide bonds. The van der Waals surface area contributed by atoms with Crippen LogP contribution in [0.4, 0.5) is 5.69 Å². The van der Waals surface area contributed by atoms with Gasteiger partial charge in [0.1, 0.15) is 11.5 Å². The monoisotopic (exact) mass is 341 g/mol. The van der Waals surface area contributed by atoms with E-state index in [4.69, 9.17) is 9.16 Å². The number of hydrogen-bond acceptors (Lipinski definition) is 3. The van der Waals surface area contributed by atoms with E-state index in [9.17, 15) is 0 Å². The standard InChI is InChI=1S/C20H27NO2Si/c1-20(2,3)24(5,6)23-19-13-9-17(10-14-19)21-15-16-7-11-18(22-4)12-8-16/h7-15H,1-6H3/b21-15+. The normalized spacial score (nSPS) is 12.4. The van der Waals surface area contributed by atoms with Gasteiger partial charge in [0, 0.05) is 6.21 Å². The van der Waals surface area contributed by atoms with Gasteiger partial charge < -0.3 is 9.16 Å². The van der Waals surface area contributed by atoms with Crippen molar-refractivity contribution in [3.05, 3.63) is 54.1 Å². The van der Waals surface area contributed by atoms with Gasteiger partial charge in [0.2, 0.25) is 8.32 Å². The first-order chi connectivity index (χ1) is 11.2. The average Bonchev–Trinajstić information content (AvgIpc) is 2.53. The molecule has 0 bridgehead atoms. The van der Waals surface area contributed by atoms with Gasteiger partial charge in [-0.2, -0.15) is 0 Å². The van der Waals surface area contributed by atoms with Crippen molar-refractivity contribution in [1.29, 1.82) is 0 Å². The quantitative estimate of drug-likeness (QED) is 0.506. The van der Waals surface area contributed by atoms with Crippen LogP contribution in [-0.2, 0) is 0 Å². The second-order valence-corrected chi connectivity index (χ2v) is 12.1. The van der Waals surface area contributed by atoms with E-state index in [2.05, 4.69) is 38.9 Å². The van der Waals surface area contributed by atoms with Gasteiger partial charge in [0.05, 0.1) is 12.8 Å². The molecule has 0 N–H and O–H groups in total. The summed E-state index contributed by atoms with van der Waals surface area (Å²) in [5, 5.41) is 0.193. The van der Waals surface area contributed by atoms with E-state index in [1.807, 2.05) is 54.7 Å². The predicted molar refractivity (Wildman–Crippen MR) is 105 cm³/mol. The van der Waals surface area contributed by atoms with Crippen LogP contribution in [0.15, 0.2) is 53.5 Å². The Balaban J connectivity index is 2.05. The van der Waals surface area contributed by atoms with E-state index in [1.165, 1.54) is 0 Å². The smallest absolute Gasteiger partial charge is 0.250 e. The fourth-order valence-electron chi connectivity index (χ4n) is 1.89. The summed E-state index contributed by atoms with van der Waals surface area (Å²) in [5.74, 6) is 1.77. The first kappa shape index (κ1) is 18.3. The number of hydrogen-bond donors (Lipinski definition) is 0. The lowest BCUT2D eigenvalue weighted by atomic mass is 10.2. The van der Waals surface area contributed by atoms with Crippen LogP contribution < -0.4 is 9.16 Å². The third kappa shape index (κ3) is 4.71. The van der Waals surface area contributed by atoms with Crippen molar-refractivity contribution in [1.82, 2.24) is 0 Å². The third-order valence-corrected chi connectivity index (χ3v) is 8.85. The number of ether oxygens (including phenoxy) is 1. The number of nitrogens with zero attached hydrogens (tertiary/aromatic N) is 1. The molecule has 0 radical (unpaired) electrons. The van der Waals surface area contributed by atoms with Gasteiger partial charge in [-0.15, -0.1) is 0 Å². The third-order valence-electron chi connectivity index (χ3n) is 4.49. The van der Waals surface area contributed by atoms with Crippen molar-refractivity contribution in [3.63, 3.8) is 0 Å². The summed E-state index contributed by atoms with van der Waals surface area (Å²) in [7, 11) is -0.130. The van der Waals surface area contributed by atoms with E-state index >= 15 is 0 Å². The maximum atomic E-state index is 6.28. The summed E-state index contributed by atoms with van der Waals surface area (Å²) in [6.07, 6.45) is 1.85. The van der Waals surface area contributed by atoms with Crippen molar-refractivity contribution in [2.45, 2.75) is 38.9 Å². The molecular formula is C20H27NO2Si. The molecule has 0 unspecified atom stereocenters. The van der Waals surface area contributed by atoms with Crippen LogP contribution in [0, 0.1) is 0 Å². The molecule has 0 saturated heterocycles. The minimum atomic E-state index is -1.79. The Morgan fingerprint density at radius 1 is 0.875 bits per heavy atom. The van der Waals surface area contributed by atoms with Crippen LogP contribution in [0.5, 0.6) is 11.5 Å². The van der Waals surface area contributed by atoms with Crippen LogP contribution >= 0.6 is 0 Å². The minimum Gasteiger partial charge on any atom is -0.544 e. The molecule has 2 aromatic rings. The highest BCUT2D eigenvalue weighted by atomic mass is 28.4. The SMILES string of the molecule is COc1ccc(/C=N/c2ccc(O[Si](C)(C)C(C)(C)C)cc2)cc1. The van der Waals surface area contributed by atoms with Gasteiger partial charge in [-0.05, 0) is 72.2 Å². The van der Waals surface area contributed by atoms with Gasteiger partial charge in [-0.1, -0.05) is 20.8 Å². The molecule has 0 aliphatic heterocycles. The molecule has 4 heteroatoms. The van der Waals surface area contributed by atoms with E-state index in [-0.39, 0.29) is 5.04 Å². The number of aliphatic imine (C=N–C) groups is 1. The molecule has 0 spiro atoms. The van der Waals surface area contributed by atoms with Gasteiger partial charge in [0.25, 0.3) is 0 Å². The second kappa shape index (κ2) is 7.22. The maximum Gasteiger partial charge on any atom is 0.250 e. The molecule has 128 valence electrons. The van der Waals surface area contributed by atoms with E-state index < -0.39 is 8.32 Å². The van der Waals surface area contributed by atoms with Crippen molar-refractivity contribution < 1.29 is 9.16 Å².